The summed E-state index contributed by atoms with van der Waals surface area (Å²) in [4.78, 5) is 0. The minimum Gasteiger partial charge on any atom is -0.297 e. The van der Waals surface area contributed by atoms with Gasteiger partial charge in [0.2, 0.25) is 0 Å². The van der Waals surface area contributed by atoms with Crippen molar-refractivity contribution in [3.63, 3.8) is 0 Å². The Balaban J connectivity index is 3.56. The monoisotopic (exact) mass is 119 g/mol. The summed E-state index contributed by atoms with van der Waals surface area (Å²) in [6, 6.07) is 0. The molecule has 0 aliphatic heterocycles. The van der Waals surface area contributed by atoms with Gasteiger partial charge in [-0.25, -0.2) is 0 Å². The first-order chi connectivity index (χ1) is 3.18. The highest BCUT2D eigenvalue weighted by atomic mass is 35.5. The Labute approximate surface area is 48.6 Å². The third kappa shape index (κ3) is 2.52. The summed E-state index contributed by atoms with van der Waals surface area (Å²) in [6.07, 6.45) is 0.673. The van der Waals surface area contributed by atoms with Crippen LogP contribution in [0.1, 0.15) is 13.8 Å². The molecule has 0 rings (SSSR count). The van der Waals surface area contributed by atoms with Crippen LogP contribution in [0.15, 0.2) is 11.3 Å². The number of halogens is 1. The van der Waals surface area contributed by atoms with E-state index >= 15 is 0 Å². The summed E-state index contributed by atoms with van der Waals surface area (Å²) in [6.45, 7) is 3.74. The fourth-order valence-corrected chi connectivity index (χ4v) is 0.136. The first-order valence-electron chi connectivity index (χ1n) is 2.16. The third-order valence-electron chi connectivity index (χ3n) is 0.664. The Kier molecular flexibility index (Phi) is 2.84. The van der Waals surface area contributed by atoms with Gasteiger partial charge in [0, 0.05) is 0 Å². The molecule has 1 nitrogen and oxygen atoms in total. The van der Waals surface area contributed by atoms with Crippen LogP contribution < -0.4 is 0 Å². The highest BCUT2D eigenvalue weighted by Gasteiger charge is 1.96. The Morgan fingerprint density at radius 3 is 2.14 bits per heavy atom. The van der Waals surface area contributed by atoms with Gasteiger partial charge in [-0.15, -0.1) is 0 Å². The van der Waals surface area contributed by atoms with E-state index in [0.29, 0.717) is 11.3 Å². The van der Waals surface area contributed by atoms with E-state index in [1.165, 1.54) is 0 Å². The molecule has 0 bridgehead atoms. The molecule has 0 heterocycles. The lowest BCUT2D eigenvalue weighted by molar-refractivity contribution is 0.346. The summed E-state index contributed by atoms with van der Waals surface area (Å²) in [5.74, 6) is 0.180. The average molecular weight is 120 g/mol. The van der Waals surface area contributed by atoms with Gasteiger partial charge in [-0.1, -0.05) is 25.4 Å². The number of rotatable bonds is 1. The van der Waals surface area contributed by atoms with E-state index < -0.39 is 0 Å². The largest absolute Gasteiger partial charge is 0.297 e. The molecular weight excluding hydrogens is 112 g/mol. The molecular formula is C5H8ClO. The maximum absolute atomic E-state index is 9.78. The van der Waals surface area contributed by atoms with Crippen LogP contribution in [0.5, 0.6) is 0 Å². The van der Waals surface area contributed by atoms with E-state index in [1.807, 2.05) is 13.8 Å². The van der Waals surface area contributed by atoms with Gasteiger partial charge < -0.3 is 0 Å². The molecule has 7 heavy (non-hydrogen) atoms. The van der Waals surface area contributed by atoms with Gasteiger partial charge in [0.05, 0.1) is 5.03 Å². The number of allylic oxidation sites excluding steroid dienone is 1. The van der Waals surface area contributed by atoms with Crippen molar-refractivity contribution in [1.82, 2.24) is 0 Å². The van der Waals surface area contributed by atoms with E-state index in [1.54, 1.807) is 0 Å². The van der Waals surface area contributed by atoms with Crippen LogP contribution in [-0.4, -0.2) is 0 Å². The van der Waals surface area contributed by atoms with Crippen molar-refractivity contribution >= 4 is 11.6 Å². The zero-order chi connectivity index (χ0) is 5.86. The van der Waals surface area contributed by atoms with Crippen LogP contribution >= 0.6 is 11.6 Å². The Hall–Kier alpha value is -0.170. The van der Waals surface area contributed by atoms with Crippen molar-refractivity contribution in [2.24, 2.45) is 5.92 Å². The molecule has 0 fully saturated rings. The summed E-state index contributed by atoms with van der Waals surface area (Å²) in [7, 11) is 0. The second-order valence-corrected chi connectivity index (χ2v) is 2.09. The van der Waals surface area contributed by atoms with Crippen LogP contribution in [0.2, 0.25) is 0 Å². The molecule has 0 amide bonds. The molecule has 0 saturated heterocycles. The molecule has 0 aliphatic carbocycles. The quantitative estimate of drug-likeness (QED) is 0.472. The Morgan fingerprint density at radius 1 is 1.71 bits per heavy atom. The molecule has 1 radical (unpaired) electrons. The predicted molar refractivity (Wildman–Crippen MR) is 29.5 cm³/mol. The van der Waals surface area contributed by atoms with E-state index in [2.05, 4.69) is 0 Å². The molecule has 0 N–H and O–H groups in total. The van der Waals surface area contributed by atoms with Crippen molar-refractivity contribution < 1.29 is 5.11 Å². The lowest BCUT2D eigenvalue weighted by Crippen LogP contribution is -1.83. The topological polar surface area (TPSA) is 19.9 Å². The van der Waals surface area contributed by atoms with Crippen LogP contribution in [0.4, 0.5) is 0 Å². The molecule has 2 heteroatoms. The zero-order valence-electron chi connectivity index (χ0n) is 4.44. The van der Waals surface area contributed by atoms with Gasteiger partial charge in [-0.2, -0.15) is 0 Å². The molecule has 0 aromatic heterocycles. The lowest BCUT2D eigenvalue weighted by Gasteiger charge is -1.95. The fraction of sp³-hybridized carbons (Fsp3) is 0.600. The highest BCUT2D eigenvalue weighted by Crippen LogP contribution is 2.11. The van der Waals surface area contributed by atoms with Crippen LogP contribution in [-0.2, 0) is 5.11 Å². The zero-order valence-corrected chi connectivity index (χ0v) is 5.20. The molecule has 0 aliphatic rings. The van der Waals surface area contributed by atoms with Gasteiger partial charge in [-0.3, -0.25) is 5.11 Å². The first-order valence-corrected chi connectivity index (χ1v) is 2.53. The maximum Gasteiger partial charge on any atom is 0.157 e. The maximum atomic E-state index is 9.78. The highest BCUT2D eigenvalue weighted by molar-refractivity contribution is 6.29. The molecule has 0 aromatic carbocycles. The molecule has 0 saturated carbocycles. The van der Waals surface area contributed by atoms with Crippen LogP contribution in [0.25, 0.3) is 0 Å². The van der Waals surface area contributed by atoms with Crippen molar-refractivity contribution in [3.05, 3.63) is 11.3 Å². The summed E-state index contributed by atoms with van der Waals surface area (Å²) in [5, 5.41) is 10.2. The van der Waals surface area contributed by atoms with Gasteiger partial charge in [0.1, 0.15) is 0 Å². The SMILES string of the molecule is CC(C)/C(Cl)=C/[O]. The third-order valence-corrected chi connectivity index (χ3v) is 1.19. The first kappa shape index (κ1) is 6.83. The smallest absolute Gasteiger partial charge is 0.157 e. The molecule has 0 atom stereocenters. The van der Waals surface area contributed by atoms with E-state index in [0.717, 1.165) is 0 Å². The van der Waals surface area contributed by atoms with Crippen molar-refractivity contribution in [2.75, 3.05) is 0 Å². The second-order valence-electron chi connectivity index (χ2n) is 1.66. The van der Waals surface area contributed by atoms with Gasteiger partial charge in [0.25, 0.3) is 0 Å². The molecule has 0 aromatic rings. The summed E-state index contributed by atoms with van der Waals surface area (Å²) < 4.78 is 0. The van der Waals surface area contributed by atoms with Gasteiger partial charge >= 0.3 is 0 Å². The predicted octanol–water partition coefficient (Wildman–Crippen LogP) is 2.15. The Morgan fingerprint density at radius 2 is 2.14 bits per heavy atom. The number of hydrogen-bond donors (Lipinski definition) is 0. The molecule has 41 valence electrons. The summed E-state index contributed by atoms with van der Waals surface area (Å²) in [5.41, 5.74) is 0. The summed E-state index contributed by atoms with van der Waals surface area (Å²) >= 11 is 5.35. The normalized spacial score (nSPS) is 12.9. The standard InChI is InChI=1S/C5H8ClO/c1-4(2)5(6)3-7/h3-4H,1-2H3/b5-3-. The van der Waals surface area contributed by atoms with Crippen molar-refractivity contribution in [1.29, 1.82) is 0 Å². The van der Waals surface area contributed by atoms with E-state index in [-0.39, 0.29) is 5.92 Å². The second kappa shape index (κ2) is 2.92. The molecule has 0 spiro atoms. The minimum atomic E-state index is 0.180. The van der Waals surface area contributed by atoms with Crippen molar-refractivity contribution in [3.8, 4) is 0 Å². The Bertz CT molecular complexity index is 76.1. The van der Waals surface area contributed by atoms with Crippen LogP contribution in [0.3, 0.4) is 0 Å². The van der Waals surface area contributed by atoms with Gasteiger partial charge in [-0.05, 0) is 5.92 Å². The molecule has 0 unspecified atom stereocenters. The number of hydrogen-bond acceptors (Lipinski definition) is 0. The average Bonchev–Trinajstić information content (AvgIpc) is 1.65. The minimum absolute atomic E-state index is 0.180. The van der Waals surface area contributed by atoms with E-state index in [9.17, 15) is 5.11 Å². The fourth-order valence-electron chi connectivity index (χ4n) is 0.136. The van der Waals surface area contributed by atoms with E-state index in [4.69, 9.17) is 11.6 Å². The van der Waals surface area contributed by atoms with Crippen molar-refractivity contribution in [2.45, 2.75) is 13.8 Å². The van der Waals surface area contributed by atoms with Gasteiger partial charge in [0.15, 0.2) is 6.26 Å². The lowest BCUT2D eigenvalue weighted by atomic mass is 10.2. The van der Waals surface area contributed by atoms with Crippen LogP contribution in [0, 0.1) is 5.92 Å².